The second kappa shape index (κ2) is 5.69. The van der Waals surface area contributed by atoms with Gasteiger partial charge in [-0.2, -0.15) is 0 Å². The maximum Gasteiger partial charge on any atom is 0.123 e. The van der Waals surface area contributed by atoms with Gasteiger partial charge in [0.25, 0.3) is 0 Å². The Morgan fingerprint density at radius 2 is 2.17 bits per heavy atom. The molecule has 96 valence electrons. The number of nitrogens with zero attached hydrogens (tertiary/aromatic N) is 2. The van der Waals surface area contributed by atoms with Crippen LogP contribution in [0.2, 0.25) is 0 Å². The molecule has 0 saturated heterocycles. The van der Waals surface area contributed by atoms with E-state index in [0.29, 0.717) is 0 Å². The monoisotopic (exact) mass is 245 g/mol. The first kappa shape index (κ1) is 12.6. The van der Waals surface area contributed by atoms with Crippen LogP contribution < -0.4 is 10.1 Å². The highest BCUT2D eigenvalue weighted by molar-refractivity contribution is 5.35. The molecule has 0 saturated carbocycles. The summed E-state index contributed by atoms with van der Waals surface area (Å²) in [5, 5.41) is 3.48. The molecule has 4 heteroatoms. The molecule has 0 fully saturated rings. The largest absolute Gasteiger partial charge is 0.496 e. The molecule has 0 spiro atoms. The Balaban J connectivity index is 2.03. The van der Waals surface area contributed by atoms with Gasteiger partial charge in [-0.05, 0) is 13.0 Å². The van der Waals surface area contributed by atoms with Crippen LogP contribution in [0.1, 0.15) is 24.2 Å². The van der Waals surface area contributed by atoms with Gasteiger partial charge in [-0.15, -0.1) is 0 Å². The van der Waals surface area contributed by atoms with Crippen molar-refractivity contribution in [2.24, 2.45) is 7.05 Å². The molecule has 0 aliphatic heterocycles. The predicted octanol–water partition coefficient (Wildman–Crippen LogP) is 2.28. The molecule has 1 aromatic heterocycles. The van der Waals surface area contributed by atoms with Gasteiger partial charge in [0.15, 0.2) is 0 Å². The topological polar surface area (TPSA) is 39.1 Å². The lowest BCUT2D eigenvalue weighted by Gasteiger charge is -2.17. The highest BCUT2D eigenvalue weighted by Gasteiger charge is 2.10. The Labute approximate surface area is 108 Å². The van der Waals surface area contributed by atoms with Gasteiger partial charge in [0.1, 0.15) is 5.75 Å². The van der Waals surface area contributed by atoms with E-state index in [1.54, 1.807) is 7.11 Å². The van der Waals surface area contributed by atoms with Crippen molar-refractivity contribution < 1.29 is 4.74 Å². The molecule has 1 N–H and O–H groups in total. The third-order valence-electron chi connectivity index (χ3n) is 3.11. The molecule has 0 unspecified atom stereocenters. The first-order chi connectivity index (χ1) is 8.72. The summed E-state index contributed by atoms with van der Waals surface area (Å²) < 4.78 is 7.39. The minimum absolute atomic E-state index is 0.232. The van der Waals surface area contributed by atoms with E-state index in [1.807, 2.05) is 42.3 Å². The first-order valence-corrected chi connectivity index (χ1v) is 6.04. The summed E-state index contributed by atoms with van der Waals surface area (Å²) in [6, 6.07) is 8.31. The molecule has 0 aliphatic carbocycles. The van der Waals surface area contributed by atoms with Gasteiger partial charge in [0, 0.05) is 31.4 Å². The third kappa shape index (κ3) is 2.71. The van der Waals surface area contributed by atoms with Crippen LogP contribution in [-0.2, 0) is 13.6 Å². The van der Waals surface area contributed by atoms with E-state index in [2.05, 4.69) is 23.3 Å². The van der Waals surface area contributed by atoms with E-state index in [0.717, 1.165) is 18.0 Å². The van der Waals surface area contributed by atoms with Crippen LogP contribution in [0.3, 0.4) is 0 Å². The van der Waals surface area contributed by atoms with Gasteiger partial charge >= 0.3 is 0 Å². The minimum atomic E-state index is 0.232. The lowest BCUT2D eigenvalue weighted by Crippen LogP contribution is -2.20. The van der Waals surface area contributed by atoms with Gasteiger partial charge in [0.05, 0.1) is 19.1 Å². The van der Waals surface area contributed by atoms with Crippen LogP contribution in [-0.4, -0.2) is 16.7 Å². The molecule has 4 nitrogen and oxygen atoms in total. The number of hydrogen-bond acceptors (Lipinski definition) is 3. The first-order valence-electron chi connectivity index (χ1n) is 6.04. The number of aromatic nitrogens is 2. The summed E-state index contributed by atoms with van der Waals surface area (Å²) in [4.78, 5) is 4.10. The molecule has 1 atom stereocenters. The molecule has 0 radical (unpaired) electrons. The zero-order chi connectivity index (χ0) is 13.0. The molecule has 0 amide bonds. The van der Waals surface area contributed by atoms with Crippen LogP contribution in [0.4, 0.5) is 0 Å². The number of imidazole rings is 1. The van der Waals surface area contributed by atoms with Crippen LogP contribution in [0.5, 0.6) is 5.75 Å². The van der Waals surface area contributed by atoms with Gasteiger partial charge in [-0.1, -0.05) is 18.2 Å². The zero-order valence-electron chi connectivity index (χ0n) is 11.1. The fourth-order valence-electron chi connectivity index (χ4n) is 1.95. The quantitative estimate of drug-likeness (QED) is 0.878. The minimum Gasteiger partial charge on any atom is -0.496 e. The number of benzene rings is 1. The summed E-state index contributed by atoms with van der Waals surface area (Å²) in [6.07, 6.45) is 3.69. The van der Waals surface area contributed by atoms with Gasteiger partial charge in [-0.3, -0.25) is 0 Å². The van der Waals surface area contributed by atoms with Crippen molar-refractivity contribution in [1.29, 1.82) is 0 Å². The third-order valence-corrected chi connectivity index (χ3v) is 3.11. The van der Waals surface area contributed by atoms with E-state index in [-0.39, 0.29) is 6.04 Å². The molecule has 0 aliphatic rings. The van der Waals surface area contributed by atoms with Crippen LogP contribution >= 0.6 is 0 Å². The summed E-state index contributed by atoms with van der Waals surface area (Å²) in [5.41, 5.74) is 2.33. The summed E-state index contributed by atoms with van der Waals surface area (Å²) >= 11 is 0. The van der Waals surface area contributed by atoms with Gasteiger partial charge in [0.2, 0.25) is 0 Å². The molecule has 1 heterocycles. The van der Waals surface area contributed by atoms with Gasteiger partial charge in [-0.25, -0.2) is 4.98 Å². The van der Waals surface area contributed by atoms with Crippen molar-refractivity contribution >= 4 is 0 Å². The second-order valence-electron chi connectivity index (χ2n) is 4.34. The number of aryl methyl sites for hydroxylation is 1. The van der Waals surface area contributed by atoms with Crippen molar-refractivity contribution in [3.63, 3.8) is 0 Å². The molecular weight excluding hydrogens is 226 g/mol. The zero-order valence-corrected chi connectivity index (χ0v) is 11.1. The molecule has 0 bridgehead atoms. The van der Waals surface area contributed by atoms with Crippen molar-refractivity contribution in [1.82, 2.24) is 14.9 Å². The number of hydrogen-bond donors (Lipinski definition) is 1. The van der Waals surface area contributed by atoms with E-state index in [4.69, 9.17) is 4.74 Å². The second-order valence-corrected chi connectivity index (χ2v) is 4.34. The molecule has 1 aromatic carbocycles. The number of methoxy groups -OCH3 is 1. The Hall–Kier alpha value is -1.81. The normalized spacial score (nSPS) is 12.4. The molecule has 18 heavy (non-hydrogen) atoms. The van der Waals surface area contributed by atoms with Crippen LogP contribution in [0.25, 0.3) is 0 Å². The summed E-state index contributed by atoms with van der Waals surface area (Å²) in [7, 11) is 3.70. The van der Waals surface area contributed by atoms with Crippen LogP contribution in [0, 0.1) is 0 Å². The standard InChI is InChI=1S/C14H19N3O/c1-11(13-6-4-5-7-14(13)18-3)16-9-12-8-15-10-17(12)2/h4-8,10-11,16H,9H2,1-3H3/t11-/m0/s1. The predicted molar refractivity (Wildman–Crippen MR) is 71.5 cm³/mol. The smallest absolute Gasteiger partial charge is 0.123 e. The average molecular weight is 245 g/mol. The van der Waals surface area contributed by atoms with Crippen molar-refractivity contribution in [3.8, 4) is 5.75 Å². The SMILES string of the molecule is COc1ccccc1[C@H](C)NCc1cncn1C. The maximum absolute atomic E-state index is 5.37. The van der Waals surface area contributed by atoms with E-state index in [9.17, 15) is 0 Å². The Morgan fingerprint density at radius 1 is 1.39 bits per heavy atom. The van der Waals surface area contributed by atoms with E-state index < -0.39 is 0 Å². The molecular formula is C14H19N3O. The highest BCUT2D eigenvalue weighted by Crippen LogP contribution is 2.24. The van der Waals surface area contributed by atoms with Crippen molar-refractivity contribution in [2.45, 2.75) is 19.5 Å². The Morgan fingerprint density at radius 3 is 2.83 bits per heavy atom. The van der Waals surface area contributed by atoms with E-state index in [1.165, 1.54) is 5.56 Å². The summed E-state index contributed by atoms with van der Waals surface area (Å²) in [6.45, 7) is 2.92. The molecule has 2 aromatic rings. The fraction of sp³-hybridized carbons (Fsp3) is 0.357. The maximum atomic E-state index is 5.37. The lowest BCUT2D eigenvalue weighted by molar-refractivity contribution is 0.401. The van der Waals surface area contributed by atoms with Crippen molar-refractivity contribution in [2.75, 3.05) is 7.11 Å². The Kier molecular flexibility index (Phi) is 3.99. The van der Waals surface area contributed by atoms with E-state index >= 15 is 0 Å². The lowest BCUT2D eigenvalue weighted by atomic mass is 10.1. The van der Waals surface area contributed by atoms with Gasteiger partial charge < -0.3 is 14.6 Å². The average Bonchev–Trinajstić information content (AvgIpc) is 2.81. The van der Waals surface area contributed by atoms with Crippen molar-refractivity contribution in [3.05, 3.63) is 48.0 Å². The Bertz CT molecular complexity index is 507. The summed E-state index contributed by atoms with van der Waals surface area (Å²) in [5.74, 6) is 0.919. The molecule has 2 rings (SSSR count). The highest BCUT2D eigenvalue weighted by atomic mass is 16.5. The van der Waals surface area contributed by atoms with Crippen LogP contribution in [0.15, 0.2) is 36.8 Å². The number of ether oxygens (including phenoxy) is 1. The number of rotatable bonds is 5. The number of para-hydroxylation sites is 1. The fourth-order valence-corrected chi connectivity index (χ4v) is 1.95. The number of nitrogens with one attached hydrogen (secondary N) is 1.